The molecule has 2 aromatic carbocycles. The highest BCUT2D eigenvalue weighted by atomic mass is 16.5. The molecule has 0 aliphatic carbocycles. The number of anilines is 1. The average Bonchev–Trinajstić information content (AvgIpc) is 3.37. The van der Waals surface area contributed by atoms with Crippen LogP contribution in [0.5, 0.6) is 5.75 Å². The minimum absolute atomic E-state index is 0.0996. The molecular weight excluding hydrogens is 420 g/mol. The Morgan fingerprint density at radius 3 is 2.73 bits per heavy atom. The first-order valence-electron chi connectivity index (χ1n) is 10.8. The maximum absolute atomic E-state index is 13.2. The molecule has 1 atom stereocenters. The van der Waals surface area contributed by atoms with Crippen LogP contribution in [-0.2, 0) is 13.0 Å². The van der Waals surface area contributed by atoms with Crippen LogP contribution in [0.25, 0.3) is 11.0 Å². The number of ether oxygens (including phenoxy) is 1. The first-order chi connectivity index (χ1) is 15.9. The standard InChI is InChI=1S/C24H24N6O3/c1-3-29-19(9-14(2)28-29)23(32)27-24-26-18-11-16(22(25)31)12-20-21(18)30(24)17(13-33-20)10-15-7-5-4-6-8-15/h4-9,11-12,17H,3,10,13H2,1-2H3,(H2,25,31)(H,26,27,32)/t17-/m0/s1. The zero-order valence-electron chi connectivity index (χ0n) is 18.4. The van der Waals surface area contributed by atoms with Gasteiger partial charge in [-0.25, -0.2) is 4.98 Å². The second kappa shape index (κ2) is 8.09. The van der Waals surface area contributed by atoms with Crippen LogP contribution in [0, 0.1) is 6.92 Å². The fraction of sp³-hybridized carbons (Fsp3) is 0.250. The third-order valence-electron chi connectivity index (χ3n) is 5.80. The zero-order valence-corrected chi connectivity index (χ0v) is 18.4. The Morgan fingerprint density at radius 1 is 1.21 bits per heavy atom. The SMILES string of the molecule is CCn1nc(C)cc1C(=O)Nc1nc2cc(C(N)=O)cc3c2n1[C@@H](Cc1ccccc1)CO3. The topological polar surface area (TPSA) is 117 Å². The van der Waals surface area contributed by atoms with Crippen molar-refractivity contribution >= 4 is 28.8 Å². The van der Waals surface area contributed by atoms with Gasteiger partial charge >= 0.3 is 0 Å². The number of hydrogen-bond donors (Lipinski definition) is 2. The molecule has 1 aliphatic heterocycles. The van der Waals surface area contributed by atoms with Gasteiger partial charge < -0.3 is 10.5 Å². The van der Waals surface area contributed by atoms with Crippen molar-refractivity contribution < 1.29 is 14.3 Å². The van der Waals surface area contributed by atoms with Crippen LogP contribution < -0.4 is 15.8 Å². The van der Waals surface area contributed by atoms with Crippen molar-refractivity contribution in [1.82, 2.24) is 19.3 Å². The summed E-state index contributed by atoms with van der Waals surface area (Å²) < 4.78 is 9.67. The molecule has 0 fully saturated rings. The summed E-state index contributed by atoms with van der Waals surface area (Å²) in [7, 11) is 0. The number of primary amides is 1. The Hall–Kier alpha value is -4.14. The minimum atomic E-state index is -0.564. The second-order valence-corrected chi connectivity index (χ2v) is 8.11. The van der Waals surface area contributed by atoms with Crippen molar-refractivity contribution in [3.05, 3.63) is 71.0 Å². The van der Waals surface area contributed by atoms with E-state index >= 15 is 0 Å². The van der Waals surface area contributed by atoms with E-state index in [9.17, 15) is 9.59 Å². The number of nitrogens with two attached hydrogens (primary N) is 1. The normalized spacial score (nSPS) is 14.8. The molecule has 3 heterocycles. The molecule has 4 aromatic rings. The summed E-state index contributed by atoms with van der Waals surface area (Å²) >= 11 is 0. The van der Waals surface area contributed by atoms with Crippen molar-refractivity contribution in [3.63, 3.8) is 0 Å². The molecule has 3 N–H and O–H groups in total. The molecule has 1 aliphatic rings. The number of imidazole rings is 1. The van der Waals surface area contributed by atoms with Crippen molar-refractivity contribution in [1.29, 1.82) is 0 Å². The maximum atomic E-state index is 13.2. The lowest BCUT2D eigenvalue weighted by Gasteiger charge is -2.27. The Kier molecular flexibility index (Phi) is 5.08. The number of amides is 2. The van der Waals surface area contributed by atoms with E-state index in [0.717, 1.165) is 16.8 Å². The van der Waals surface area contributed by atoms with E-state index in [2.05, 4.69) is 27.5 Å². The summed E-state index contributed by atoms with van der Waals surface area (Å²) in [4.78, 5) is 29.6. The van der Waals surface area contributed by atoms with E-state index in [4.69, 9.17) is 10.5 Å². The van der Waals surface area contributed by atoms with E-state index in [1.807, 2.05) is 36.6 Å². The highest BCUT2D eigenvalue weighted by Crippen LogP contribution is 2.38. The summed E-state index contributed by atoms with van der Waals surface area (Å²) in [6.07, 6.45) is 0.693. The number of rotatable bonds is 6. The van der Waals surface area contributed by atoms with Crippen molar-refractivity contribution in [2.75, 3.05) is 11.9 Å². The first kappa shape index (κ1) is 20.7. The van der Waals surface area contributed by atoms with E-state index < -0.39 is 5.91 Å². The highest BCUT2D eigenvalue weighted by Gasteiger charge is 2.29. The largest absolute Gasteiger partial charge is 0.489 e. The van der Waals surface area contributed by atoms with Gasteiger partial charge in [-0.1, -0.05) is 30.3 Å². The van der Waals surface area contributed by atoms with Gasteiger partial charge in [0.25, 0.3) is 5.91 Å². The van der Waals surface area contributed by atoms with Crippen LogP contribution in [0.3, 0.4) is 0 Å². The highest BCUT2D eigenvalue weighted by molar-refractivity contribution is 6.04. The Morgan fingerprint density at radius 2 is 2.00 bits per heavy atom. The smallest absolute Gasteiger partial charge is 0.276 e. The number of hydrogen-bond acceptors (Lipinski definition) is 5. The van der Waals surface area contributed by atoms with Gasteiger partial charge in [0.05, 0.1) is 17.3 Å². The molecule has 0 spiro atoms. The van der Waals surface area contributed by atoms with Gasteiger partial charge in [-0.15, -0.1) is 0 Å². The van der Waals surface area contributed by atoms with Gasteiger partial charge in [-0.05, 0) is 44.0 Å². The minimum Gasteiger partial charge on any atom is -0.489 e. The number of nitrogens with one attached hydrogen (secondary N) is 1. The van der Waals surface area contributed by atoms with E-state index in [0.29, 0.717) is 48.0 Å². The Balaban J connectivity index is 1.60. The molecular formula is C24H24N6O3. The van der Waals surface area contributed by atoms with E-state index in [-0.39, 0.29) is 11.9 Å². The maximum Gasteiger partial charge on any atom is 0.276 e. The lowest BCUT2D eigenvalue weighted by Crippen LogP contribution is -2.27. The number of carbonyl (C=O) groups excluding carboxylic acids is 2. The van der Waals surface area contributed by atoms with Crippen LogP contribution in [0.4, 0.5) is 5.95 Å². The van der Waals surface area contributed by atoms with Crippen LogP contribution in [-0.4, -0.2) is 37.8 Å². The molecule has 0 radical (unpaired) electrons. The molecule has 0 unspecified atom stereocenters. The summed E-state index contributed by atoms with van der Waals surface area (Å²) in [5.74, 6) is 0.0490. The van der Waals surface area contributed by atoms with Crippen molar-refractivity contribution in [2.24, 2.45) is 5.73 Å². The van der Waals surface area contributed by atoms with Gasteiger partial charge in [0.1, 0.15) is 23.6 Å². The summed E-state index contributed by atoms with van der Waals surface area (Å²) in [6.45, 7) is 4.72. The zero-order chi connectivity index (χ0) is 23.1. The average molecular weight is 444 g/mol. The lowest BCUT2D eigenvalue weighted by molar-refractivity contribution is 0.0995. The van der Waals surface area contributed by atoms with Crippen LogP contribution in [0.2, 0.25) is 0 Å². The summed E-state index contributed by atoms with van der Waals surface area (Å²) in [6, 6.07) is 15.0. The van der Waals surface area contributed by atoms with Gasteiger partial charge in [-0.2, -0.15) is 5.10 Å². The molecule has 5 rings (SSSR count). The van der Waals surface area contributed by atoms with Crippen LogP contribution in [0.15, 0.2) is 48.5 Å². The number of benzene rings is 2. The van der Waals surface area contributed by atoms with Gasteiger partial charge in [0.2, 0.25) is 11.9 Å². The Bertz CT molecular complexity index is 1370. The number of aromatic nitrogens is 4. The number of nitrogens with zero attached hydrogens (tertiary/aromatic N) is 4. The summed E-state index contributed by atoms with van der Waals surface area (Å²) in [5.41, 5.74) is 9.43. The van der Waals surface area contributed by atoms with Gasteiger partial charge in [-0.3, -0.25) is 24.2 Å². The van der Waals surface area contributed by atoms with Crippen LogP contribution in [0.1, 0.15) is 45.1 Å². The molecule has 2 aromatic heterocycles. The predicted octanol–water partition coefficient (Wildman–Crippen LogP) is 3.09. The fourth-order valence-corrected chi connectivity index (χ4v) is 4.32. The number of aryl methyl sites for hydroxylation is 2. The monoisotopic (exact) mass is 444 g/mol. The molecule has 2 amide bonds. The molecule has 0 saturated heterocycles. The molecule has 0 bridgehead atoms. The quantitative estimate of drug-likeness (QED) is 0.474. The molecule has 0 saturated carbocycles. The molecule has 33 heavy (non-hydrogen) atoms. The first-order valence-corrected chi connectivity index (χ1v) is 10.8. The van der Waals surface area contributed by atoms with Crippen LogP contribution >= 0.6 is 0 Å². The van der Waals surface area contributed by atoms with Gasteiger partial charge in [0, 0.05) is 12.1 Å². The second-order valence-electron chi connectivity index (χ2n) is 8.11. The molecule has 9 nitrogen and oxygen atoms in total. The third kappa shape index (κ3) is 3.71. The predicted molar refractivity (Wildman–Crippen MR) is 124 cm³/mol. The lowest BCUT2D eigenvalue weighted by atomic mass is 10.0. The fourth-order valence-electron chi connectivity index (χ4n) is 4.32. The molecule has 168 valence electrons. The van der Waals surface area contributed by atoms with E-state index in [1.165, 1.54) is 0 Å². The van der Waals surface area contributed by atoms with Gasteiger partial charge in [0.15, 0.2) is 0 Å². The summed E-state index contributed by atoms with van der Waals surface area (Å²) in [5, 5.41) is 7.32. The van der Waals surface area contributed by atoms with Crippen molar-refractivity contribution in [3.8, 4) is 5.75 Å². The third-order valence-corrected chi connectivity index (χ3v) is 5.80. The van der Waals surface area contributed by atoms with Crippen molar-refractivity contribution in [2.45, 2.75) is 32.9 Å². The number of carbonyl (C=O) groups is 2. The Labute approximate surface area is 190 Å². The molecule has 9 heteroatoms. The van der Waals surface area contributed by atoms with E-state index in [1.54, 1.807) is 22.9 Å².